The van der Waals surface area contributed by atoms with E-state index in [1.807, 2.05) is 35.2 Å². The standard InChI is InChI=1S/C16H16N4O2/c1-22-14-4-2-3-11(5-14)15-6-13(21)10-20(15)16-9-18-12(7-17)8-19-16/h2-5,8-9,13,15,21H,6,10H2,1H3/t13-,15+/m1/s1. The molecule has 1 aromatic carbocycles. The maximum absolute atomic E-state index is 10.0. The highest BCUT2D eigenvalue weighted by Crippen LogP contribution is 2.36. The van der Waals surface area contributed by atoms with E-state index in [2.05, 4.69) is 9.97 Å². The van der Waals surface area contributed by atoms with E-state index < -0.39 is 6.10 Å². The number of ether oxygens (including phenoxy) is 1. The van der Waals surface area contributed by atoms with Crippen LogP contribution in [0.3, 0.4) is 0 Å². The molecule has 2 heterocycles. The van der Waals surface area contributed by atoms with Gasteiger partial charge in [0.25, 0.3) is 0 Å². The van der Waals surface area contributed by atoms with Gasteiger partial charge in [-0.05, 0) is 24.1 Å². The van der Waals surface area contributed by atoms with Crippen LogP contribution in [0.15, 0.2) is 36.7 Å². The SMILES string of the molecule is COc1cccc([C@@H]2C[C@@H](O)CN2c2cnc(C#N)cn2)c1. The summed E-state index contributed by atoms with van der Waals surface area (Å²) < 4.78 is 5.27. The van der Waals surface area contributed by atoms with Crippen LogP contribution in [0.4, 0.5) is 5.82 Å². The first-order chi connectivity index (χ1) is 10.7. The largest absolute Gasteiger partial charge is 0.497 e. The number of anilines is 1. The number of benzene rings is 1. The fourth-order valence-electron chi connectivity index (χ4n) is 2.76. The van der Waals surface area contributed by atoms with Crippen LogP contribution in [0.2, 0.25) is 0 Å². The van der Waals surface area contributed by atoms with Gasteiger partial charge in [-0.25, -0.2) is 9.97 Å². The Kier molecular flexibility index (Phi) is 3.90. The van der Waals surface area contributed by atoms with Crippen molar-refractivity contribution in [2.75, 3.05) is 18.6 Å². The Morgan fingerprint density at radius 1 is 1.36 bits per heavy atom. The summed E-state index contributed by atoms with van der Waals surface area (Å²) in [5.74, 6) is 1.44. The third-order valence-corrected chi connectivity index (χ3v) is 3.80. The highest BCUT2D eigenvalue weighted by molar-refractivity contribution is 5.45. The number of hydrogen-bond donors (Lipinski definition) is 1. The van der Waals surface area contributed by atoms with Crippen molar-refractivity contribution in [2.24, 2.45) is 0 Å². The fourth-order valence-corrected chi connectivity index (χ4v) is 2.76. The van der Waals surface area contributed by atoms with Crippen LogP contribution in [0.1, 0.15) is 23.7 Å². The molecule has 3 rings (SSSR count). The summed E-state index contributed by atoms with van der Waals surface area (Å²) in [6, 6.07) is 9.76. The van der Waals surface area contributed by atoms with Gasteiger partial charge in [-0.1, -0.05) is 12.1 Å². The van der Waals surface area contributed by atoms with Gasteiger partial charge in [0.2, 0.25) is 0 Å². The Balaban J connectivity index is 1.92. The lowest BCUT2D eigenvalue weighted by Gasteiger charge is -2.25. The number of hydrogen-bond acceptors (Lipinski definition) is 6. The highest BCUT2D eigenvalue weighted by Gasteiger charge is 2.33. The minimum Gasteiger partial charge on any atom is -0.497 e. The molecule has 22 heavy (non-hydrogen) atoms. The number of rotatable bonds is 3. The summed E-state index contributed by atoms with van der Waals surface area (Å²) in [6.45, 7) is 0.489. The molecule has 0 amide bonds. The molecule has 1 aliphatic rings. The van der Waals surface area contributed by atoms with Gasteiger partial charge in [0, 0.05) is 6.54 Å². The van der Waals surface area contributed by atoms with Crippen molar-refractivity contribution in [3.05, 3.63) is 47.9 Å². The van der Waals surface area contributed by atoms with Crippen molar-refractivity contribution in [1.29, 1.82) is 5.26 Å². The van der Waals surface area contributed by atoms with Gasteiger partial charge in [-0.15, -0.1) is 0 Å². The predicted molar refractivity (Wildman–Crippen MR) is 80.5 cm³/mol. The molecule has 0 radical (unpaired) electrons. The van der Waals surface area contributed by atoms with E-state index in [1.165, 1.54) is 6.20 Å². The number of aliphatic hydroxyl groups is 1. The van der Waals surface area contributed by atoms with Crippen molar-refractivity contribution < 1.29 is 9.84 Å². The second kappa shape index (κ2) is 6.00. The second-order valence-electron chi connectivity index (χ2n) is 5.21. The summed E-state index contributed by atoms with van der Waals surface area (Å²) in [4.78, 5) is 10.3. The van der Waals surface area contributed by atoms with Crippen LogP contribution in [-0.4, -0.2) is 34.8 Å². The van der Waals surface area contributed by atoms with Gasteiger partial charge in [0.05, 0.1) is 31.6 Å². The number of nitriles is 1. The van der Waals surface area contributed by atoms with Crippen LogP contribution in [0.25, 0.3) is 0 Å². The summed E-state index contributed by atoms with van der Waals surface area (Å²) >= 11 is 0. The molecule has 112 valence electrons. The van der Waals surface area contributed by atoms with Crippen LogP contribution in [0, 0.1) is 11.3 Å². The number of nitrogens with zero attached hydrogens (tertiary/aromatic N) is 4. The molecule has 1 N–H and O–H groups in total. The third-order valence-electron chi connectivity index (χ3n) is 3.80. The van der Waals surface area contributed by atoms with E-state index in [1.54, 1.807) is 13.3 Å². The lowest BCUT2D eigenvalue weighted by molar-refractivity contribution is 0.194. The number of aliphatic hydroxyl groups excluding tert-OH is 1. The topological polar surface area (TPSA) is 82.3 Å². The van der Waals surface area contributed by atoms with E-state index in [4.69, 9.17) is 10.00 Å². The Bertz CT molecular complexity index is 696. The quantitative estimate of drug-likeness (QED) is 0.927. The van der Waals surface area contributed by atoms with E-state index in [9.17, 15) is 5.11 Å². The van der Waals surface area contributed by atoms with Gasteiger partial charge in [0.1, 0.15) is 17.6 Å². The van der Waals surface area contributed by atoms with Gasteiger partial charge < -0.3 is 14.7 Å². The highest BCUT2D eigenvalue weighted by atomic mass is 16.5. The molecular formula is C16H16N4O2. The number of aromatic nitrogens is 2. The van der Waals surface area contributed by atoms with Crippen molar-refractivity contribution in [2.45, 2.75) is 18.6 Å². The fraction of sp³-hybridized carbons (Fsp3) is 0.312. The molecular weight excluding hydrogens is 280 g/mol. The molecule has 1 aromatic heterocycles. The van der Waals surface area contributed by atoms with Crippen LogP contribution < -0.4 is 9.64 Å². The second-order valence-corrected chi connectivity index (χ2v) is 5.21. The molecule has 2 aromatic rings. The van der Waals surface area contributed by atoms with E-state index in [-0.39, 0.29) is 11.7 Å². The number of methoxy groups -OCH3 is 1. The van der Waals surface area contributed by atoms with Gasteiger partial charge in [-0.3, -0.25) is 0 Å². The smallest absolute Gasteiger partial charge is 0.158 e. The lowest BCUT2D eigenvalue weighted by atomic mass is 10.0. The van der Waals surface area contributed by atoms with Crippen molar-refractivity contribution in [3.63, 3.8) is 0 Å². The Hall–Kier alpha value is -2.65. The summed E-state index contributed by atoms with van der Waals surface area (Å²) in [5, 5.41) is 18.9. The molecule has 1 fully saturated rings. The monoisotopic (exact) mass is 296 g/mol. The van der Waals surface area contributed by atoms with Crippen LogP contribution in [-0.2, 0) is 0 Å². The molecule has 6 heteroatoms. The molecule has 6 nitrogen and oxygen atoms in total. The van der Waals surface area contributed by atoms with Crippen molar-refractivity contribution in [3.8, 4) is 11.8 Å². The zero-order valence-electron chi connectivity index (χ0n) is 12.2. The third kappa shape index (κ3) is 2.71. The van der Waals surface area contributed by atoms with Gasteiger partial charge in [-0.2, -0.15) is 5.26 Å². The van der Waals surface area contributed by atoms with E-state index in [0.29, 0.717) is 18.8 Å². The maximum Gasteiger partial charge on any atom is 0.158 e. The minimum absolute atomic E-state index is 0.00679. The first-order valence-electron chi connectivity index (χ1n) is 7.02. The van der Waals surface area contributed by atoms with Crippen LogP contribution in [0.5, 0.6) is 5.75 Å². The average Bonchev–Trinajstić information content (AvgIpc) is 2.97. The van der Waals surface area contributed by atoms with E-state index >= 15 is 0 Å². The molecule has 1 saturated heterocycles. The number of β-amino-alcohol motifs (C(OH)–C–C–N with tert-alkyl or cyclic N) is 1. The normalized spacial score (nSPS) is 20.7. The van der Waals surface area contributed by atoms with Crippen LogP contribution >= 0.6 is 0 Å². The summed E-state index contributed by atoms with van der Waals surface area (Å²) in [6.07, 6.45) is 3.22. The molecule has 1 aliphatic heterocycles. The Morgan fingerprint density at radius 2 is 2.23 bits per heavy atom. The predicted octanol–water partition coefficient (Wildman–Crippen LogP) is 1.67. The molecule has 0 aliphatic carbocycles. The first-order valence-corrected chi connectivity index (χ1v) is 7.02. The van der Waals surface area contributed by atoms with Crippen molar-refractivity contribution in [1.82, 2.24) is 9.97 Å². The lowest BCUT2D eigenvalue weighted by Crippen LogP contribution is -2.25. The van der Waals surface area contributed by atoms with Gasteiger partial charge >= 0.3 is 0 Å². The Morgan fingerprint density at radius 3 is 2.91 bits per heavy atom. The summed E-state index contributed by atoms with van der Waals surface area (Å²) in [5.41, 5.74) is 1.34. The Labute approximate surface area is 128 Å². The maximum atomic E-state index is 10.0. The zero-order chi connectivity index (χ0) is 15.5. The van der Waals surface area contributed by atoms with E-state index in [0.717, 1.165) is 11.3 Å². The molecule has 2 atom stereocenters. The average molecular weight is 296 g/mol. The summed E-state index contributed by atoms with van der Waals surface area (Å²) in [7, 11) is 1.63. The molecule has 0 saturated carbocycles. The molecule has 0 bridgehead atoms. The zero-order valence-corrected chi connectivity index (χ0v) is 12.2. The first kappa shape index (κ1) is 14.3. The van der Waals surface area contributed by atoms with Crippen molar-refractivity contribution >= 4 is 5.82 Å². The van der Waals surface area contributed by atoms with Gasteiger partial charge in [0.15, 0.2) is 5.69 Å². The molecule has 0 unspecified atom stereocenters. The molecule has 0 spiro atoms. The minimum atomic E-state index is -0.423.